The molecule has 1 heterocycles. The highest BCUT2D eigenvalue weighted by Crippen LogP contribution is 2.33. The van der Waals surface area contributed by atoms with Crippen LogP contribution in [0.25, 0.3) is 0 Å². The monoisotopic (exact) mass is 413 g/mol. The summed E-state index contributed by atoms with van der Waals surface area (Å²) < 4.78 is 4.67. The van der Waals surface area contributed by atoms with E-state index in [0.29, 0.717) is 18.8 Å². The molecule has 2 N–H and O–H groups in total. The number of esters is 1. The predicted octanol–water partition coefficient (Wildman–Crippen LogP) is 2.14. The minimum atomic E-state index is -0.712. The molecule has 0 saturated carbocycles. The first-order valence-electron chi connectivity index (χ1n) is 9.27. The van der Waals surface area contributed by atoms with Crippen LogP contribution >= 0.6 is 11.8 Å². The van der Waals surface area contributed by atoms with E-state index in [4.69, 9.17) is 0 Å². The van der Waals surface area contributed by atoms with Crippen molar-refractivity contribution in [3.8, 4) is 0 Å². The summed E-state index contributed by atoms with van der Waals surface area (Å²) in [7, 11) is 1.28. The average molecular weight is 413 g/mol. The van der Waals surface area contributed by atoms with Gasteiger partial charge in [0.05, 0.1) is 25.8 Å². The van der Waals surface area contributed by atoms with E-state index in [1.807, 2.05) is 54.6 Å². The normalized spacial score (nSPS) is 16.7. The number of para-hydroxylation sites is 1. The smallest absolute Gasteiger partial charge is 0.307 e. The Labute approximate surface area is 173 Å². The number of anilines is 1. The molecule has 1 fully saturated rings. The van der Waals surface area contributed by atoms with Crippen molar-refractivity contribution in [3.63, 3.8) is 0 Å². The van der Waals surface area contributed by atoms with E-state index in [1.54, 1.807) is 16.7 Å². The number of carbonyl (C=O) groups is 3. The molecule has 3 rings (SSSR count). The zero-order valence-electron chi connectivity index (χ0n) is 16.1. The Morgan fingerprint density at radius 3 is 2.66 bits per heavy atom. The minimum Gasteiger partial charge on any atom is -0.469 e. The summed E-state index contributed by atoms with van der Waals surface area (Å²) in [6, 6.07) is 16.8. The van der Waals surface area contributed by atoms with Gasteiger partial charge in [0.15, 0.2) is 0 Å². The van der Waals surface area contributed by atoms with Gasteiger partial charge >= 0.3 is 5.97 Å². The standard InChI is InChI=1S/C21H23N3O4S/c1-28-20(26)13-17-21(27)22-11-12-24(17)14-19(25)23-16-9-5-6-10-18(16)29-15-7-3-2-4-8-15/h2-10,17H,11-14H2,1H3,(H,22,27)(H,23,25)/t17-/m1/s1. The first kappa shape index (κ1) is 20.9. The van der Waals surface area contributed by atoms with Crippen molar-refractivity contribution >= 4 is 35.2 Å². The molecular formula is C21H23N3O4S. The molecular weight excluding hydrogens is 390 g/mol. The van der Waals surface area contributed by atoms with Crippen LogP contribution in [0.4, 0.5) is 5.69 Å². The lowest BCUT2D eigenvalue weighted by molar-refractivity contribution is -0.146. The zero-order chi connectivity index (χ0) is 20.6. The highest BCUT2D eigenvalue weighted by atomic mass is 32.2. The molecule has 0 spiro atoms. The molecule has 0 bridgehead atoms. The van der Waals surface area contributed by atoms with Gasteiger partial charge in [0, 0.05) is 22.9 Å². The molecule has 0 aromatic heterocycles. The molecule has 0 unspecified atom stereocenters. The summed E-state index contributed by atoms with van der Waals surface area (Å²) in [5.74, 6) is -0.993. The van der Waals surface area contributed by atoms with Gasteiger partial charge < -0.3 is 15.4 Å². The fourth-order valence-corrected chi connectivity index (χ4v) is 3.99. The van der Waals surface area contributed by atoms with Gasteiger partial charge in [-0.25, -0.2) is 0 Å². The second-order valence-electron chi connectivity index (χ2n) is 6.52. The highest BCUT2D eigenvalue weighted by Gasteiger charge is 2.33. The molecule has 1 saturated heterocycles. The SMILES string of the molecule is COC(=O)C[C@@H]1C(=O)NCCN1CC(=O)Nc1ccccc1Sc1ccccc1. The summed E-state index contributed by atoms with van der Waals surface area (Å²) in [5, 5.41) is 5.66. The Kier molecular flexibility index (Phi) is 7.26. The summed E-state index contributed by atoms with van der Waals surface area (Å²) in [4.78, 5) is 40.2. The molecule has 0 radical (unpaired) electrons. The summed E-state index contributed by atoms with van der Waals surface area (Å²) in [6.07, 6.45) is -0.0872. The van der Waals surface area contributed by atoms with Crippen LogP contribution in [0.15, 0.2) is 64.4 Å². The van der Waals surface area contributed by atoms with Crippen molar-refractivity contribution in [1.82, 2.24) is 10.2 Å². The second kappa shape index (κ2) is 10.1. The summed E-state index contributed by atoms with van der Waals surface area (Å²) in [6.45, 7) is 0.935. The number of amides is 2. The van der Waals surface area contributed by atoms with Crippen LogP contribution in [0, 0.1) is 0 Å². The van der Waals surface area contributed by atoms with Gasteiger partial charge in [-0.3, -0.25) is 19.3 Å². The zero-order valence-corrected chi connectivity index (χ0v) is 16.9. The maximum atomic E-state index is 12.7. The van der Waals surface area contributed by atoms with E-state index in [-0.39, 0.29) is 24.8 Å². The van der Waals surface area contributed by atoms with Crippen molar-refractivity contribution < 1.29 is 19.1 Å². The van der Waals surface area contributed by atoms with E-state index in [1.165, 1.54) is 7.11 Å². The lowest BCUT2D eigenvalue weighted by Gasteiger charge is -2.33. The van der Waals surface area contributed by atoms with Crippen molar-refractivity contribution in [1.29, 1.82) is 0 Å². The van der Waals surface area contributed by atoms with E-state index in [2.05, 4.69) is 15.4 Å². The Morgan fingerprint density at radius 2 is 1.90 bits per heavy atom. The molecule has 1 atom stereocenters. The summed E-state index contributed by atoms with van der Waals surface area (Å²) >= 11 is 1.56. The van der Waals surface area contributed by atoms with Gasteiger partial charge in [-0.15, -0.1) is 0 Å². The average Bonchev–Trinajstić information content (AvgIpc) is 2.72. The van der Waals surface area contributed by atoms with Crippen LogP contribution in [0.5, 0.6) is 0 Å². The Hall–Kier alpha value is -2.84. The molecule has 2 aromatic carbocycles. The van der Waals surface area contributed by atoms with Gasteiger partial charge in [-0.05, 0) is 24.3 Å². The number of rotatable bonds is 7. The number of nitrogens with zero attached hydrogens (tertiary/aromatic N) is 1. The molecule has 152 valence electrons. The van der Waals surface area contributed by atoms with Crippen LogP contribution in [0.1, 0.15) is 6.42 Å². The number of piperazine rings is 1. The number of hydrogen-bond acceptors (Lipinski definition) is 6. The number of hydrogen-bond donors (Lipinski definition) is 2. The van der Waals surface area contributed by atoms with Gasteiger partial charge in [-0.2, -0.15) is 0 Å². The first-order chi connectivity index (χ1) is 14.1. The van der Waals surface area contributed by atoms with Crippen LogP contribution in [0.3, 0.4) is 0 Å². The molecule has 1 aliphatic heterocycles. The lowest BCUT2D eigenvalue weighted by atomic mass is 10.1. The number of ether oxygens (including phenoxy) is 1. The van der Waals surface area contributed by atoms with Crippen molar-refractivity contribution in [2.24, 2.45) is 0 Å². The maximum Gasteiger partial charge on any atom is 0.307 e. The van der Waals surface area contributed by atoms with E-state index < -0.39 is 12.0 Å². The van der Waals surface area contributed by atoms with E-state index >= 15 is 0 Å². The second-order valence-corrected chi connectivity index (χ2v) is 7.63. The quantitative estimate of drug-likeness (QED) is 0.677. The van der Waals surface area contributed by atoms with Gasteiger partial charge in [0.2, 0.25) is 11.8 Å². The van der Waals surface area contributed by atoms with Crippen molar-refractivity contribution in [3.05, 3.63) is 54.6 Å². The van der Waals surface area contributed by atoms with Crippen molar-refractivity contribution in [2.75, 3.05) is 32.1 Å². The molecule has 1 aliphatic rings. The van der Waals surface area contributed by atoms with E-state index in [0.717, 1.165) is 9.79 Å². The molecule has 2 aromatic rings. The van der Waals surface area contributed by atoms with Crippen molar-refractivity contribution in [2.45, 2.75) is 22.3 Å². The van der Waals surface area contributed by atoms with Gasteiger partial charge in [0.1, 0.15) is 6.04 Å². The lowest BCUT2D eigenvalue weighted by Crippen LogP contribution is -2.57. The fraction of sp³-hybridized carbons (Fsp3) is 0.286. The highest BCUT2D eigenvalue weighted by molar-refractivity contribution is 7.99. The number of methoxy groups -OCH3 is 1. The predicted molar refractivity (Wildman–Crippen MR) is 111 cm³/mol. The molecule has 29 heavy (non-hydrogen) atoms. The maximum absolute atomic E-state index is 12.7. The first-order valence-corrected chi connectivity index (χ1v) is 10.1. The van der Waals surface area contributed by atoms with Crippen LogP contribution < -0.4 is 10.6 Å². The Balaban J connectivity index is 1.67. The largest absolute Gasteiger partial charge is 0.469 e. The minimum absolute atomic E-state index is 0.0133. The number of benzene rings is 2. The fourth-order valence-electron chi connectivity index (χ4n) is 3.06. The molecule has 7 nitrogen and oxygen atoms in total. The number of nitrogens with one attached hydrogen (secondary N) is 2. The van der Waals surface area contributed by atoms with Crippen LogP contribution in [0.2, 0.25) is 0 Å². The third-order valence-corrected chi connectivity index (χ3v) is 5.59. The van der Waals surface area contributed by atoms with Gasteiger partial charge in [0.25, 0.3) is 0 Å². The topological polar surface area (TPSA) is 87.7 Å². The van der Waals surface area contributed by atoms with E-state index in [9.17, 15) is 14.4 Å². The molecule has 0 aliphatic carbocycles. The summed E-state index contributed by atoms with van der Waals surface area (Å²) in [5.41, 5.74) is 0.706. The Bertz CT molecular complexity index is 875. The van der Waals surface area contributed by atoms with Crippen LogP contribution in [-0.4, -0.2) is 55.5 Å². The Morgan fingerprint density at radius 1 is 1.17 bits per heavy atom. The molecule has 2 amide bonds. The number of carbonyl (C=O) groups excluding carboxylic acids is 3. The van der Waals surface area contributed by atoms with Gasteiger partial charge in [-0.1, -0.05) is 42.1 Å². The third-order valence-electron chi connectivity index (χ3n) is 4.51. The van der Waals surface area contributed by atoms with Crippen LogP contribution in [-0.2, 0) is 19.1 Å². The third kappa shape index (κ3) is 5.82. The molecule has 8 heteroatoms.